The lowest BCUT2D eigenvalue weighted by molar-refractivity contribution is -0.706. The van der Waals surface area contributed by atoms with Gasteiger partial charge in [0.15, 0.2) is 12.2 Å². The Labute approximate surface area is 112 Å². The summed E-state index contributed by atoms with van der Waals surface area (Å²) in [6.07, 6.45) is -0.432. The van der Waals surface area contributed by atoms with E-state index in [-0.39, 0.29) is 12.4 Å². The quantitative estimate of drug-likeness (QED) is 0.739. The van der Waals surface area contributed by atoms with Crippen LogP contribution < -0.4 is 17.0 Å². The Morgan fingerprint density at radius 2 is 1.88 bits per heavy atom. The van der Waals surface area contributed by atoms with E-state index in [0.29, 0.717) is 6.54 Å². The number of rotatable bonds is 3. The Bertz CT molecular complexity index is 470. The van der Waals surface area contributed by atoms with E-state index < -0.39 is 6.10 Å². The zero-order valence-electron chi connectivity index (χ0n) is 9.93. The molecule has 92 valence electrons. The second kappa shape index (κ2) is 6.15. The van der Waals surface area contributed by atoms with Crippen LogP contribution in [0.4, 0.5) is 0 Å². The van der Waals surface area contributed by atoms with Crippen molar-refractivity contribution < 1.29 is 22.1 Å². The van der Waals surface area contributed by atoms with E-state index in [9.17, 15) is 5.11 Å². The molecule has 1 N–H and O–H groups in total. The van der Waals surface area contributed by atoms with Crippen LogP contribution in [0.3, 0.4) is 0 Å². The van der Waals surface area contributed by atoms with Gasteiger partial charge in [-0.1, -0.05) is 41.7 Å². The Morgan fingerprint density at radius 1 is 1.24 bits per heavy atom. The van der Waals surface area contributed by atoms with Crippen molar-refractivity contribution in [3.63, 3.8) is 0 Å². The van der Waals surface area contributed by atoms with Gasteiger partial charge in [-0.2, -0.15) is 4.57 Å². The predicted molar refractivity (Wildman–Crippen MR) is 65.4 cm³/mol. The highest BCUT2D eigenvalue weighted by Gasteiger charge is 2.17. The van der Waals surface area contributed by atoms with Gasteiger partial charge < -0.3 is 17.5 Å². The van der Waals surface area contributed by atoms with E-state index >= 15 is 0 Å². The molecule has 4 heteroatoms. The summed E-state index contributed by atoms with van der Waals surface area (Å²) in [5.74, 6) is 0. The highest BCUT2D eigenvalue weighted by molar-refractivity contribution is 7.09. The molecule has 0 spiro atoms. The normalized spacial score (nSPS) is 11.9. The molecule has 2 nitrogen and oxygen atoms in total. The number of halogens is 1. The van der Waals surface area contributed by atoms with Crippen molar-refractivity contribution in [2.45, 2.75) is 26.5 Å². The summed E-state index contributed by atoms with van der Waals surface area (Å²) in [6, 6.07) is 9.78. The average Bonchev–Trinajstić information content (AvgIpc) is 2.62. The second-order valence-electron chi connectivity index (χ2n) is 3.94. The summed E-state index contributed by atoms with van der Waals surface area (Å²) < 4.78 is 2.11. The molecule has 1 atom stereocenters. The molecule has 17 heavy (non-hydrogen) atoms. The SMILES string of the molecule is Cc1sc[n+](C[C@H](O)c2ccccc2)c1C.[Cl-]. The third kappa shape index (κ3) is 3.28. The van der Waals surface area contributed by atoms with E-state index in [1.165, 1.54) is 10.6 Å². The molecule has 0 aliphatic carbocycles. The van der Waals surface area contributed by atoms with Crippen LogP contribution in [-0.4, -0.2) is 5.11 Å². The smallest absolute Gasteiger partial charge is 0.225 e. The zero-order chi connectivity index (χ0) is 11.5. The third-order valence-corrected chi connectivity index (χ3v) is 3.86. The van der Waals surface area contributed by atoms with Gasteiger partial charge in [-0.05, 0) is 12.5 Å². The second-order valence-corrected chi connectivity index (χ2v) is 5.00. The minimum absolute atomic E-state index is 0. The average molecular weight is 270 g/mol. The highest BCUT2D eigenvalue weighted by atomic mass is 35.5. The fourth-order valence-corrected chi connectivity index (χ4v) is 2.47. The standard InChI is InChI=1S/C13H16NOS.ClH/c1-10-11(2)16-9-14(10)8-13(15)12-6-4-3-5-7-12;/h3-7,9,13,15H,8H2,1-2H3;1H/q+1;/p-1/t13-;/m0./s1. The first-order valence-electron chi connectivity index (χ1n) is 5.35. The first kappa shape index (κ1) is 14.2. The van der Waals surface area contributed by atoms with E-state index in [2.05, 4.69) is 23.9 Å². The number of aromatic nitrogens is 1. The molecule has 1 aromatic heterocycles. The van der Waals surface area contributed by atoms with Gasteiger partial charge in [0.1, 0.15) is 6.10 Å². The lowest BCUT2D eigenvalue weighted by Gasteiger charge is -2.06. The van der Waals surface area contributed by atoms with Crippen LogP contribution >= 0.6 is 11.3 Å². The zero-order valence-corrected chi connectivity index (χ0v) is 11.5. The monoisotopic (exact) mass is 269 g/mol. The van der Waals surface area contributed by atoms with Crippen LogP contribution in [0.1, 0.15) is 22.2 Å². The van der Waals surface area contributed by atoms with Gasteiger partial charge in [-0.25, -0.2) is 0 Å². The number of benzene rings is 1. The fraction of sp³-hybridized carbons (Fsp3) is 0.308. The van der Waals surface area contributed by atoms with Crippen molar-refractivity contribution in [1.82, 2.24) is 0 Å². The van der Waals surface area contributed by atoms with Gasteiger partial charge in [0.05, 0.1) is 4.88 Å². The minimum Gasteiger partial charge on any atom is -1.00 e. The van der Waals surface area contributed by atoms with Crippen molar-refractivity contribution in [3.8, 4) is 0 Å². The maximum Gasteiger partial charge on any atom is 0.225 e. The van der Waals surface area contributed by atoms with E-state index in [0.717, 1.165) is 5.56 Å². The minimum atomic E-state index is -0.432. The summed E-state index contributed by atoms with van der Waals surface area (Å²) in [7, 11) is 0. The van der Waals surface area contributed by atoms with Crippen LogP contribution in [0.25, 0.3) is 0 Å². The molecular formula is C13H16ClNOS. The number of nitrogens with zero attached hydrogens (tertiary/aromatic N) is 1. The molecule has 1 heterocycles. The number of hydrogen-bond donors (Lipinski definition) is 1. The Kier molecular flexibility index (Phi) is 5.12. The maximum absolute atomic E-state index is 10.1. The van der Waals surface area contributed by atoms with Gasteiger partial charge in [-0.15, -0.1) is 0 Å². The van der Waals surface area contributed by atoms with E-state index in [1.807, 2.05) is 30.3 Å². The van der Waals surface area contributed by atoms with Crippen LogP contribution in [-0.2, 0) is 6.54 Å². The molecule has 0 bridgehead atoms. The van der Waals surface area contributed by atoms with Crippen molar-refractivity contribution in [2.24, 2.45) is 0 Å². The summed E-state index contributed by atoms with van der Waals surface area (Å²) in [4.78, 5) is 1.31. The van der Waals surface area contributed by atoms with Gasteiger partial charge in [0.25, 0.3) is 0 Å². The summed E-state index contributed by atoms with van der Waals surface area (Å²) in [5.41, 5.74) is 4.27. The molecule has 0 saturated carbocycles. The molecule has 2 rings (SSSR count). The van der Waals surface area contributed by atoms with E-state index in [1.54, 1.807) is 11.3 Å². The molecular weight excluding hydrogens is 254 g/mol. The maximum atomic E-state index is 10.1. The third-order valence-electron chi connectivity index (χ3n) is 2.85. The molecule has 0 aliphatic heterocycles. The molecule has 2 aromatic rings. The molecule has 0 saturated heterocycles. The molecule has 0 amide bonds. The Balaban J connectivity index is 0.00000144. The van der Waals surface area contributed by atoms with Gasteiger partial charge in [-0.3, -0.25) is 0 Å². The number of aliphatic hydroxyl groups is 1. The van der Waals surface area contributed by atoms with Gasteiger partial charge in [0, 0.05) is 6.92 Å². The molecule has 0 fully saturated rings. The van der Waals surface area contributed by atoms with E-state index in [4.69, 9.17) is 0 Å². The fourth-order valence-electron chi connectivity index (χ4n) is 1.66. The van der Waals surface area contributed by atoms with Crippen molar-refractivity contribution in [3.05, 3.63) is 52.0 Å². The van der Waals surface area contributed by atoms with Gasteiger partial charge >= 0.3 is 0 Å². The first-order valence-corrected chi connectivity index (χ1v) is 6.23. The molecule has 0 aliphatic rings. The van der Waals surface area contributed by atoms with Crippen LogP contribution in [0.2, 0.25) is 0 Å². The largest absolute Gasteiger partial charge is 1.00 e. The highest BCUT2D eigenvalue weighted by Crippen LogP contribution is 2.14. The Hall–Kier alpha value is -0.900. The van der Waals surface area contributed by atoms with Crippen molar-refractivity contribution in [2.75, 3.05) is 0 Å². The molecule has 0 unspecified atom stereocenters. The number of hydrogen-bond acceptors (Lipinski definition) is 2. The van der Waals surface area contributed by atoms with Crippen LogP contribution in [0, 0.1) is 13.8 Å². The molecule has 0 radical (unpaired) electrons. The Morgan fingerprint density at radius 3 is 2.41 bits per heavy atom. The van der Waals surface area contributed by atoms with Crippen molar-refractivity contribution in [1.29, 1.82) is 0 Å². The molecule has 1 aromatic carbocycles. The number of thiazole rings is 1. The summed E-state index contributed by atoms with van der Waals surface area (Å²) in [6.45, 7) is 4.81. The number of aryl methyl sites for hydroxylation is 1. The summed E-state index contributed by atoms with van der Waals surface area (Å²) in [5, 5.41) is 10.1. The first-order chi connectivity index (χ1) is 7.68. The van der Waals surface area contributed by atoms with Crippen LogP contribution in [0.5, 0.6) is 0 Å². The van der Waals surface area contributed by atoms with Gasteiger partial charge in [0.2, 0.25) is 5.51 Å². The lowest BCUT2D eigenvalue weighted by atomic mass is 10.1. The number of aliphatic hydroxyl groups excluding tert-OH is 1. The lowest BCUT2D eigenvalue weighted by Crippen LogP contribution is -3.00. The van der Waals surface area contributed by atoms with Crippen LogP contribution in [0.15, 0.2) is 35.8 Å². The summed E-state index contributed by atoms with van der Waals surface area (Å²) >= 11 is 1.72. The van der Waals surface area contributed by atoms with Crippen molar-refractivity contribution >= 4 is 11.3 Å². The topological polar surface area (TPSA) is 24.1 Å². The predicted octanol–water partition coefficient (Wildman–Crippen LogP) is -0.610.